The average Bonchev–Trinajstić information content (AvgIpc) is 2.89. The molecule has 146 valence electrons. The second-order valence-electron chi connectivity index (χ2n) is 7.33. The summed E-state index contributed by atoms with van der Waals surface area (Å²) in [6.07, 6.45) is 0.569. The van der Waals surface area contributed by atoms with E-state index < -0.39 is 11.3 Å². The average molecular weight is 379 g/mol. The van der Waals surface area contributed by atoms with Crippen LogP contribution in [0.2, 0.25) is 0 Å². The van der Waals surface area contributed by atoms with Gasteiger partial charge in [-0.05, 0) is 23.6 Å². The first-order valence-corrected chi connectivity index (χ1v) is 9.29. The van der Waals surface area contributed by atoms with E-state index in [1.165, 1.54) is 4.90 Å². The quantitative estimate of drug-likeness (QED) is 0.797. The molecule has 6 nitrogen and oxygen atoms in total. The SMILES string of the molecule is CN(CCC(N)=O)C(=O)C[C@@]1(Cc2ccccc2)C(=O)N(C)c2ccccc21. The van der Waals surface area contributed by atoms with E-state index in [4.69, 9.17) is 5.73 Å². The third-order valence-corrected chi connectivity index (χ3v) is 5.42. The minimum absolute atomic E-state index is 0.0390. The Bertz CT molecular complexity index is 897. The van der Waals surface area contributed by atoms with Gasteiger partial charge in [0.15, 0.2) is 0 Å². The van der Waals surface area contributed by atoms with Crippen LogP contribution >= 0.6 is 0 Å². The highest BCUT2D eigenvalue weighted by Gasteiger charge is 2.51. The third kappa shape index (κ3) is 3.63. The Morgan fingerprint density at radius 3 is 2.39 bits per heavy atom. The van der Waals surface area contributed by atoms with Crippen LogP contribution < -0.4 is 10.6 Å². The Morgan fingerprint density at radius 2 is 1.71 bits per heavy atom. The second kappa shape index (κ2) is 7.84. The van der Waals surface area contributed by atoms with E-state index >= 15 is 0 Å². The van der Waals surface area contributed by atoms with Gasteiger partial charge in [-0.1, -0.05) is 48.5 Å². The summed E-state index contributed by atoms with van der Waals surface area (Å²) >= 11 is 0. The number of fused-ring (bicyclic) bond motifs is 1. The number of para-hydroxylation sites is 1. The lowest BCUT2D eigenvalue weighted by Crippen LogP contribution is -2.45. The molecule has 0 unspecified atom stereocenters. The number of nitrogens with zero attached hydrogens (tertiary/aromatic N) is 2. The number of rotatable bonds is 7. The van der Waals surface area contributed by atoms with Gasteiger partial charge in [0.25, 0.3) is 0 Å². The van der Waals surface area contributed by atoms with E-state index in [1.54, 1.807) is 19.0 Å². The van der Waals surface area contributed by atoms with E-state index in [1.807, 2.05) is 54.6 Å². The summed E-state index contributed by atoms with van der Waals surface area (Å²) in [7, 11) is 3.38. The molecule has 2 N–H and O–H groups in total. The lowest BCUT2D eigenvalue weighted by atomic mass is 9.73. The number of anilines is 1. The molecular formula is C22H25N3O3. The summed E-state index contributed by atoms with van der Waals surface area (Å²) in [4.78, 5) is 40.5. The summed E-state index contributed by atoms with van der Waals surface area (Å²) in [5.74, 6) is -0.731. The van der Waals surface area contributed by atoms with Crippen LogP contribution in [0.25, 0.3) is 0 Å². The van der Waals surface area contributed by atoms with Crippen LogP contribution in [0.1, 0.15) is 24.0 Å². The fourth-order valence-corrected chi connectivity index (χ4v) is 3.86. The molecule has 1 aliphatic heterocycles. The number of hydrogen-bond acceptors (Lipinski definition) is 3. The molecule has 1 atom stereocenters. The van der Waals surface area contributed by atoms with Crippen molar-refractivity contribution in [3.05, 3.63) is 65.7 Å². The highest BCUT2D eigenvalue weighted by molar-refractivity contribution is 6.09. The predicted molar refractivity (Wildman–Crippen MR) is 108 cm³/mol. The molecule has 6 heteroatoms. The van der Waals surface area contributed by atoms with Crippen molar-refractivity contribution in [2.24, 2.45) is 5.73 Å². The summed E-state index contributed by atoms with van der Waals surface area (Å²) in [5, 5.41) is 0. The van der Waals surface area contributed by atoms with Crippen molar-refractivity contribution in [2.75, 3.05) is 25.5 Å². The number of likely N-dealkylation sites (N-methyl/N-ethyl adjacent to an activating group) is 1. The molecule has 0 saturated carbocycles. The molecule has 2 aromatic rings. The molecule has 28 heavy (non-hydrogen) atoms. The Morgan fingerprint density at radius 1 is 1.07 bits per heavy atom. The highest BCUT2D eigenvalue weighted by Crippen LogP contribution is 2.45. The van der Waals surface area contributed by atoms with Gasteiger partial charge < -0.3 is 15.5 Å². The van der Waals surface area contributed by atoms with Crippen molar-refractivity contribution in [2.45, 2.75) is 24.7 Å². The van der Waals surface area contributed by atoms with Gasteiger partial charge in [0.05, 0.1) is 5.41 Å². The maximum atomic E-state index is 13.4. The minimum Gasteiger partial charge on any atom is -0.370 e. The maximum absolute atomic E-state index is 13.4. The van der Waals surface area contributed by atoms with E-state index in [0.29, 0.717) is 6.42 Å². The summed E-state index contributed by atoms with van der Waals surface area (Å²) in [5.41, 5.74) is 6.92. The number of carbonyl (C=O) groups is 3. The summed E-state index contributed by atoms with van der Waals surface area (Å²) < 4.78 is 0. The first-order valence-electron chi connectivity index (χ1n) is 9.29. The third-order valence-electron chi connectivity index (χ3n) is 5.42. The zero-order chi connectivity index (χ0) is 20.3. The lowest BCUT2D eigenvalue weighted by Gasteiger charge is -2.30. The van der Waals surface area contributed by atoms with Crippen molar-refractivity contribution < 1.29 is 14.4 Å². The van der Waals surface area contributed by atoms with Gasteiger partial charge in [-0.25, -0.2) is 0 Å². The number of hydrogen-bond donors (Lipinski definition) is 1. The number of benzene rings is 2. The number of carbonyl (C=O) groups excluding carboxylic acids is 3. The van der Waals surface area contributed by atoms with E-state index in [9.17, 15) is 14.4 Å². The fraction of sp³-hybridized carbons (Fsp3) is 0.318. The van der Waals surface area contributed by atoms with Gasteiger partial charge in [0, 0.05) is 39.2 Å². The molecule has 1 heterocycles. The van der Waals surface area contributed by atoms with E-state index in [0.717, 1.165) is 16.8 Å². The van der Waals surface area contributed by atoms with Crippen molar-refractivity contribution in [1.29, 1.82) is 0 Å². The molecular weight excluding hydrogens is 354 g/mol. The van der Waals surface area contributed by atoms with E-state index in [-0.39, 0.29) is 31.2 Å². The molecule has 0 aliphatic carbocycles. The molecule has 3 amide bonds. The highest BCUT2D eigenvalue weighted by atomic mass is 16.2. The van der Waals surface area contributed by atoms with E-state index in [2.05, 4.69) is 0 Å². The van der Waals surface area contributed by atoms with Gasteiger partial charge in [-0.2, -0.15) is 0 Å². The zero-order valence-corrected chi connectivity index (χ0v) is 16.2. The van der Waals surface area contributed by atoms with Gasteiger partial charge in [0.2, 0.25) is 17.7 Å². The zero-order valence-electron chi connectivity index (χ0n) is 16.2. The van der Waals surface area contributed by atoms with Crippen LogP contribution in [-0.4, -0.2) is 43.3 Å². The summed E-state index contributed by atoms with van der Waals surface area (Å²) in [6.45, 7) is 0.237. The van der Waals surface area contributed by atoms with Crippen LogP contribution in [0, 0.1) is 0 Å². The molecule has 0 radical (unpaired) electrons. The van der Waals surface area contributed by atoms with Crippen molar-refractivity contribution in [1.82, 2.24) is 4.90 Å². The maximum Gasteiger partial charge on any atom is 0.238 e. The topological polar surface area (TPSA) is 83.7 Å². The van der Waals surface area contributed by atoms with Gasteiger partial charge in [-0.3, -0.25) is 14.4 Å². The lowest BCUT2D eigenvalue weighted by molar-refractivity contribution is -0.135. The van der Waals surface area contributed by atoms with Crippen LogP contribution in [-0.2, 0) is 26.2 Å². The molecule has 0 saturated heterocycles. The Kier molecular flexibility index (Phi) is 5.49. The first kappa shape index (κ1) is 19.6. The molecule has 0 aromatic heterocycles. The van der Waals surface area contributed by atoms with Gasteiger partial charge in [-0.15, -0.1) is 0 Å². The Balaban J connectivity index is 1.98. The second-order valence-corrected chi connectivity index (χ2v) is 7.33. The van der Waals surface area contributed by atoms with Crippen molar-refractivity contribution in [3.8, 4) is 0 Å². The van der Waals surface area contributed by atoms with Gasteiger partial charge in [0.1, 0.15) is 0 Å². The van der Waals surface area contributed by atoms with Crippen molar-refractivity contribution in [3.63, 3.8) is 0 Å². The largest absolute Gasteiger partial charge is 0.370 e. The van der Waals surface area contributed by atoms with Crippen LogP contribution in [0.3, 0.4) is 0 Å². The predicted octanol–water partition coefficient (Wildman–Crippen LogP) is 1.87. The first-order chi connectivity index (χ1) is 13.3. The van der Waals surface area contributed by atoms with Gasteiger partial charge >= 0.3 is 0 Å². The normalized spacial score (nSPS) is 18.1. The monoisotopic (exact) mass is 379 g/mol. The molecule has 2 aromatic carbocycles. The summed E-state index contributed by atoms with van der Waals surface area (Å²) in [6, 6.07) is 17.3. The molecule has 0 fully saturated rings. The number of primary amides is 1. The van der Waals surface area contributed by atoms with Crippen LogP contribution in [0.5, 0.6) is 0 Å². The molecule has 0 bridgehead atoms. The minimum atomic E-state index is -0.967. The Hall–Kier alpha value is -3.15. The fourth-order valence-electron chi connectivity index (χ4n) is 3.86. The molecule has 0 spiro atoms. The molecule has 3 rings (SSSR count). The number of amides is 3. The standard InChI is InChI=1S/C22H25N3O3/c1-24(13-12-19(23)26)20(27)15-22(14-16-8-4-3-5-9-16)17-10-6-7-11-18(17)25(2)21(22)28/h3-11H,12-15H2,1-2H3,(H2,23,26)/t22-/m1/s1. The van der Waals surface area contributed by atoms with Crippen LogP contribution in [0.4, 0.5) is 5.69 Å². The van der Waals surface area contributed by atoms with Crippen molar-refractivity contribution >= 4 is 23.4 Å². The Labute approximate surface area is 164 Å². The molecule has 1 aliphatic rings. The smallest absolute Gasteiger partial charge is 0.238 e. The number of nitrogens with two attached hydrogens (primary N) is 1. The van der Waals surface area contributed by atoms with Crippen LogP contribution in [0.15, 0.2) is 54.6 Å².